The molecule has 2 rings (SSSR count). The highest BCUT2D eigenvalue weighted by Crippen LogP contribution is 2.26. The highest BCUT2D eigenvalue weighted by molar-refractivity contribution is 6.30. The summed E-state index contributed by atoms with van der Waals surface area (Å²) in [6, 6.07) is 5.98. The summed E-state index contributed by atoms with van der Waals surface area (Å²) < 4.78 is 0. The Morgan fingerprint density at radius 1 is 1.15 bits per heavy atom. The SMILES string of the molecule is NC(=O)[C@H](NC(=O)c1ccc(Cl)cc1)C1CCCCC1. The molecule has 0 aliphatic heterocycles. The number of hydrogen-bond acceptors (Lipinski definition) is 2. The lowest BCUT2D eigenvalue weighted by Gasteiger charge is -2.28. The topological polar surface area (TPSA) is 72.2 Å². The van der Waals surface area contributed by atoms with Crippen molar-refractivity contribution in [2.75, 3.05) is 0 Å². The molecular weight excluding hydrogens is 276 g/mol. The molecule has 20 heavy (non-hydrogen) atoms. The van der Waals surface area contributed by atoms with Crippen LogP contribution >= 0.6 is 11.6 Å². The van der Waals surface area contributed by atoms with Gasteiger partial charge in [-0.1, -0.05) is 30.9 Å². The van der Waals surface area contributed by atoms with Crippen LogP contribution in [-0.2, 0) is 4.79 Å². The third-order valence-electron chi connectivity index (χ3n) is 3.82. The van der Waals surface area contributed by atoms with E-state index in [1.165, 1.54) is 6.42 Å². The van der Waals surface area contributed by atoms with E-state index in [0.29, 0.717) is 10.6 Å². The second-order valence-electron chi connectivity index (χ2n) is 5.26. The Bertz CT molecular complexity index is 481. The Hall–Kier alpha value is -1.55. The van der Waals surface area contributed by atoms with Crippen molar-refractivity contribution < 1.29 is 9.59 Å². The minimum atomic E-state index is -0.585. The maximum atomic E-state index is 12.2. The second-order valence-corrected chi connectivity index (χ2v) is 5.69. The van der Waals surface area contributed by atoms with Gasteiger partial charge in [0, 0.05) is 10.6 Å². The van der Waals surface area contributed by atoms with Crippen LogP contribution in [0, 0.1) is 5.92 Å². The number of nitrogens with one attached hydrogen (secondary N) is 1. The molecule has 1 aromatic rings. The van der Waals surface area contributed by atoms with Gasteiger partial charge in [-0.05, 0) is 43.0 Å². The van der Waals surface area contributed by atoms with E-state index < -0.39 is 11.9 Å². The van der Waals surface area contributed by atoms with E-state index in [1.54, 1.807) is 24.3 Å². The number of amides is 2. The van der Waals surface area contributed by atoms with E-state index in [9.17, 15) is 9.59 Å². The lowest BCUT2D eigenvalue weighted by Crippen LogP contribution is -2.49. The minimum absolute atomic E-state index is 0.150. The molecule has 0 radical (unpaired) electrons. The maximum Gasteiger partial charge on any atom is 0.251 e. The Labute approximate surface area is 123 Å². The molecule has 0 aromatic heterocycles. The minimum Gasteiger partial charge on any atom is -0.368 e. The predicted molar refractivity (Wildman–Crippen MR) is 78.5 cm³/mol. The summed E-state index contributed by atoms with van der Waals surface area (Å²) >= 11 is 5.79. The van der Waals surface area contributed by atoms with Gasteiger partial charge in [0.25, 0.3) is 5.91 Å². The fourth-order valence-corrected chi connectivity index (χ4v) is 2.84. The number of carbonyl (C=O) groups is 2. The van der Waals surface area contributed by atoms with Gasteiger partial charge < -0.3 is 11.1 Å². The first-order valence-corrected chi connectivity index (χ1v) is 7.31. The van der Waals surface area contributed by atoms with Gasteiger partial charge in [0.05, 0.1) is 0 Å². The Morgan fingerprint density at radius 2 is 1.75 bits per heavy atom. The Morgan fingerprint density at radius 3 is 2.30 bits per heavy atom. The number of rotatable bonds is 4. The van der Waals surface area contributed by atoms with E-state index >= 15 is 0 Å². The fraction of sp³-hybridized carbons (Fsp3) is 0.467. The smallest absolute Gasteiger partial charge is 0.251 e. The summed E-state index contributed by atoms with van der Waals surface area (Å²) in [6.07, 6.45) is 5.24. The standard InChI is InChI=1S/C15H19ClN2O2/c16-12-8-6-11(7-9-12)15(20)18-13(14(17)19)10-4-2-1-3-5-10/h6-10,13H,1-5H2,(H2,17,19)(H,18,20)/t13-/m1/s1. The van der Waals surface area contributed by atoms with E-state index in [-0.39, 0.29) is 11.8 Å². The highest BCUT2D eigenvalue weighted by Gasteiger charge is 2.29. The molecule has 1 saturated carbocycles. The molecule has 0 spiro atoms. The Balaban J connectivity index is 2.05. The molecule has 1 atom stereocenters. The van der Waals surface area contributed by atoms with Crippen molar-refractivity contribution in [3.63, 3.8) is 0 Å². The first kappa shape index (κ1) is 14.9. The predicted octanol–water partition coefficient (Wildman–Crippen LogP) is 2.50. The van der Waals surface area contributed by atoms with Crippen LogP contribution < -0.4 is 11.1 Å². The molecule has 0 saturated heterocycles. The molecule has 1 aliphatic rings. The number of carbonyl (C=O) groups excluding carboxylic acids is 2. The number of hydrogen-bond donors (Lipinski definition) is 2. The van der Waals surface area contributed by atoms with E-state index in [2.05, 4.69) is 5.32 Å². The lowest BCUT2D eigenvalue weighted by molar-refractivity contribution is -0.121. The lowest BCUT2D eigenvalue weighted by atomic mass is 9.83. The molecule has 4 nitrogen and oxygen atoms in total. The average molecular weight is 295 g/mol. The maximum absolute atomic E-state index is 12.2. The number of primary amides is 1. The van der Waals surface area contributed by atoms with Gasteiger partial charge in [0.1, 0.15) is 6.04 Å². The van der Waals surface area contributed by atoms with Crippen molar-refractivity contribution in [3.05, 3.63) is 34.9 Å². The number of nitrogens with two attached hydrogens (primary N) is 1. The van der Waals surface area contributed by atoms with Crippen LogP contribution in [0.5, 0.6) is 0 Å². The molecule has 1 aromatic carbocycles. The first-order chi connectivity index (χ1) is 9.58. The van der Waals surface area contributed by atoms with Crippen LogP contribution in [0.2, 0.25) is 5.02 Å². The molecule has 108 valence electrons. The average Bonchev–Trinajstić information content (AvgIpc) is 2.46. The van der Waals surface area contributed by atoms with E-state index in [0.717, 1.165) is 25.7 Å². The Kier molecular flexibility index (Phi) is 5.01. The largest absolute Gasteiger partial charge is 0.368 e. The van der Waals surface area contributed by atoms with Crippen LogP contribution in [0.25, 0.3) is 0 Å². The van der Waals surface area contributed by atoms with Gasteiger partial charge in [-0.2, -0.15) is 0 Å². The molecule has 0 unspecified atom stereocenters. The molecular formula is C15H19ClN2O2. The second kappa shape index (κ2) is 6.75. The van der Waals surface area contributed by atoms with Crippen LogP contribution in [-0.4, -0.2) is 17.9 Å². The molecule has 5 heteroatoms. The molecule has 1 aliphatic carbocycles. The van der Waals surface area contributed by atoms with Crippen molar-refractivity contribution in [2.24, 2.45) is 11.7 Å². The zero-order valence-corrected chi connectivity index (χ0v) is 12.0. The quantitative estimate of drug-likeness (QED) is 0.895. The summed E-state index contributed by atoms with van der Waals surface area (Å²) in [4.78, 5) is 23.8. The fourth-order valence-electron chi connectivity index (χ4n) is 2.71. The molecule has 2 amide bonds. The highest BCUT2D eigenvalue weighted by atomic mass is 35.5. The molecule has 0 heterocycles. The van der Waals surface area contributed by atoms with Crippen LogP contribution in [0.1, 0.15) is 42.5 Å². The van der Waals surface area contributed by atoms with Gasteiger partial charge in [-0.15, -0.1) is 0 Å². The summed E-state index contributed by atoms with van der Waals surface area (Å²) in [5, 5.41) is 3.34. The van der Waals surface area contributed by atoms with Crippen molar-refractivity contribution in [3.8, 4) is 0 Å². The third kappa shape index (κ3) is 3.73. The third-order valence-corrected chi connectivity index (χ3v) is 4.07. The van der Waals surface area contributed by atoms with Crippen LogP contribution in [0.4, 0.5) is 0 Å². The van der Waals surface area contributed by atoms with Gasteiger partial charge in [-0.3, -0.25) is 9.59 Å². The van der Waals surface area contributed by atoms with Crippen molar-refractivity contribution in [1.29, 1.82) is 0 Å². The zero-order chi connectivity index (χ0) is 14.5. The van der Waals surface area contributed by atoms with Gasteiger partial charge in [-0.25, -0.2) is 0 Å². The first-order valence-electron chi connectivity index (χ1n) is 6.93. The van der Waals surface area contributed by atoms with E-state index in [4.69, 9.17) is 17.3 Å². The van der Waals surface area contributed by atoms with Crippen LogP contribution in [0.15, 0.2) is 24.3 Å². The van der Waals surface area contributed by atoms with Crippen molar-refractivity contribution >= 4 is 23.4 Å². The van der Waals surface area contributed by atoms with Crippen molar-refractivity contribution in [1.82, 2.24) is 5.32 Å². The summed E-state index contributed by atoms with van der Waals surface area (Å²) in [7, 11) is 0. The van der Waals surface area contributed by atoms with E-state index in [1.807, 2.05) is 0 Å². The number of halogens is 1. The molecule has 0 bridgehead atoms. The van der Waals surface area contributed by atoms with Gasteiger partial charge >= 0.3 is 0 Å². The van der Waals surface area contributed by atoms with Crippen molar-refractivity contribution in [2.45, 2.75) is 38.1 Å². The summed E-state index contributed by atoms with van der Waals surface area (Å²) in [5.41, 5.74) is 5.93. The summed E-state index contributed by atoms with van der Waals surface area (Å²) in [5.74, 6) is -0.590. The monoisotopic (exact) mass is 294 g/mol. The van der Waals surface area contributed by atoms with Crippen LogP contribution in [0.3, 0.4) is 0 Å². The normalized spacial score (nSPS) is 17.4. The number of benzene rings is 1. The van der Waals surface area contributed by atoms with Gasteiger partial charge in [0.15, 0.2) is 0 Å². The zero-order valence-electron chi connectivity index (χ0n) is 11.3. The summed E-state index contributed by atoms with van der Waals surface area (Å²) in [6.45, 7) is 0. The molecule has 3 N–H and O–H groups in total. The molecule has 1 fully saturated rings. The van der Waals surface area contributed by atoms with Gasteiger partial charge in [0.2, 0.25) is 5.91 Å².